The highest BCUT2D eigenvalue weighted by atomic mass is 35.5. The molecular formula is C28H30Cl3N3O4S. The Kier molecular flexibility index (Phi) is 9.93. The molecule has 1 atom stereocenters. The number of benzene rings is 3. The standard InChI is InChI=1S/C28H30Cl3N3O4S/c1-19(27(36)32-28(2,3)4)33(17-20-10-8-9-13-23(20)29)26(35)18-34(21-14-15-24(30)25(31)16-21)39(37,38)22-11-6-5-7-12-22/h5-16,19H,17-18H2,1-4H3,(H,32,36). The summed E-state index contributed by atoms with van der Waals surface area (Å²) in [5.41, 5.74) is 0.203. The Morgan fingerprint density at radius 1 is 0.872 bits per heavy atom. The number of nitrogens with zero attached hydrogens (tertiary/aromatic N) is 2. The maximum Gasteiger partial charge on any atom is 0.264 e. The maximum absolute atomic E-state index is 13.9. The summed E-state index contributed by atoms with van der Waals surface area (Å²) in [4.78, 5) is 28.4. The fourth-order valence-corrected chi connectivity index (χ4v) is 5.67. The highest BCUT2D eigenvalue weighted by molar-refractivity contribution is 7.92. The van der Waals surface area contributed by atoms with Gasteiger partial charge < -0.3 is 10.2 Å². The van der Waals surface area contributed by atoms with Crippen molar-refractivity contribution in [2.24, 2.45) is 0 Å². The van der Waals surface area contributed by atoms with Gasteiger partial charge in [0.15, 0.2) is 0 Å². The van der Waals surface area contributed by atoms with Crippen LogP contribution in [0.1, 0.15) is 33.3 Å². The summed E-state index contributed by atoms with van der Waals surface area (Å²) in [5.74, 6) is -1.01. The quantitative estimate of drug-likeness (QED) is 0.314. The number of carbonyl (C=O) groups is 2. The van der Waals surface area contributed by atoms with Crippen LogP contribution in [0.2, 0.25) is 15.1 Å². The minimum Gasteiger partial charge on any atom is -0.350 e. The predicted octanol–water partition coefficient (Wildman–Crippen LogP) is 6.17. The van der Waals surface area contributed by atoms with Gasteiger partial charge in [0.05, 0.1) is 20.6 Å². The van der Waals surface area contributed by atoms with Crippen LogP contribution in [0.5, 0.6) is 0 Å². The van der Waals surface area contributed by atoms with Crippen LogP contribution in [-0.2, 0) is 26.2 Å². The lowest BCUT2D eigenvalue weighted by Crippen LogP contribution is -2.54. The number of hydrogen-bond donors (Lipinski definition) is 1. The van der Waals surface area contributed by atoms with Gasteiger partial charge in [-0.15, -0.1) is 0 Å². The van der Waals surface area contributed by atoms with E-state index >= 15 is 0 Å². The van der Waals surface area contributed by atoms with Crippen molar-refractivity contribution in [3.05, 3.63) is 93.4 Å². The summed E-state index contributed by atoms with van der Waals surface area (Å²) < 4.78 is 28.5. The van der Waals surface area contributed by atoms with Crippen LogP contribution < -0.4 is 9.62 Å². The van der Waals surface area contributed by atoms with Crippen molar-refractivity contribution in [3.8, 4) is 0 Å². The topological polar surface area (TPSA) is 86.8 Å². The highest BCUT2D eigenvalue weighted by Crippen LogP contribution is 2.31. The van der Waals surface area contributed by atoms with Crippen molar-refractivity contribution >= 4 is 62.3 Å². The Morgan fingerprint density at radius 2 is 1.49 bits per heavy atom. The zero-order valence-electron chi connectivity index (χ0n) is 22.0. The second kappa shape index (κ2) is 12.6. The largest absolute Gasteiger partial charge is 0.350 e. The smallest absolute Gasteiger partial charge is 0.264 e. The van der Waals surface area contributed by atoms with Crippen molar-refractivity contribution in [2.75, 3.05) is 10.8 Å². The minimum absolute atomic E-state index is 0.0138. The lowest BCUT2D eigenvalue weighted by molar-refractivity contribution is -0.140. The fraction of sp³-hybridized carbons (Fsp3) is 0.286. The first-order chi connectivity index (χ1) is 18.2. The third kappa shape index (κ3) is 7.88. The number of nitrogens with one attached hydrogen (secondary N) is 1. The third-order valence-electron chi connectivity index (χ3n) is 5.77. The van der Waals surface area contributed by atoms with Crippen molar-refractivity contribution in [1.29, 1.82) is 0 Å². The second-order valence-electron chi connectivity index (χ2n) is 9.95. The molecule has 0 aliphatic rings. The van der Waals surface area contributed by atoms with E-state index in [2.05, 4.69) is 5.32 Å². The zero-order valence-corrected chi connectivity index (χ0v) is 25.1. The number of carbonyl (C=O) groups excluding carboxylic acids is 2. The highest BCUT2D eigenvalue weighted by Gasteiger charge is 2.33. The van der Waals surface area contributed by atoms with E-state index < -0.39 is 40.0 Å². The molecular weight excluding hydrogens is 581 g/mol. The number of halogens is 3. The molecule has 11 heteroatoms. The lowest BCUT2D eigenvalue weighted by Gasteiger charge is -2.33. The first kappa shape index (κ1) is 30.8. The van der Waals surface area contributed by atoms with E-state index in [-0.39, 0.29) is 27.2 Å². The summed E-state index contributed by atoms with van der Waals surface area (Å²) >= 11 is 18.7. The molecule has 0 aliphatic heterocycles. The molecule has 0 radical (unpaired) electrons. The predicted molar refractivity (Wildman–Crippen MR) is 157 cm³/mol. The molecule has 3 aromatic rings. The van der Waals surface area contributed by atoms with Gasteiger partial charge in [0.25, 0.3) is 10.0 Å². The number of amides is 2. The van der Waals surface area contributed by atoms with Gasteiger partial charge in [-0.1, -0.05) is 71.2 Å². The molecule has 39 heavy (non-hydrogen) atoms. The average molecular weight is 611 g/mol. The monoisotopic (exact) mass is 609 g/mol. The summed E-state index contributed by atoms with van der Waals surface area (Å²) in [6.45, 7) is 6.46. The van der Waals surface area contributed by atoms with Gasteiger partial charge in [-0.2, -0.15) is 0 Å². The van der Waals surface area contributed by atoms with Crippen molar-refractivity contribution in [1.82, 2.24) is 10.2 Å². The van der Waals surface area contributed by atoms with E-state index in [1.54, 1.807) is 49.4 Å². The van der Waals surface area contributed by atoms with Gasteiger partial charge in [0.2, 0.25) is 11.8 Å². The number of anilines is 1. The molecule has 3 aromatic carbocycles. The first-order valence-electron chi connectivity index (χ1n) is 12.1. The van der Waals surface area contributed by atoms with Crippen LogP contribution in [0, 0.1) is 0 Å². The van der Waals surface area contributed by atoms with E-state index in [0.29, 0.717) is 10.6 Å². The Bertz CT molecular complexity index is 1440. The molecule has 0 saturated heterocycles. The van der Waals surface area contributed by atoms with Crippen molar-refractivity contribution in [3.63, 3.8) is 0 Å². The Hall–Kier alpha value is -2.78. The SMILES string of the molecule is CC(C(=O)NC(C)(C)C)N(Cc1ccccc1Cl)C(=O)CN(c1ccc(Cl)c(Cl)c1)S(=O)(=O)c1ccccc1. The number of sulfonamides is 1. The summed E-state index contributed by atoms with van der Waals surface area (Å²) in [5, 5.41) is 3.65. The van der Waals surface area contributed by atoms with Gasteiger partial charge in [-0.05, 0) is 69.7 Å². The minimum atomic E-state index is -4.21. The lowest BCUT2D eigenvalue weighted by atomic mass is 10.1. The van der Waals surface area contributed by atoms with Crippen LogP contribution >= 0.6 is 34.8 Å². The Labute approximate surface area is 244 Å². The van der Waals surface area contributed by atoms with E-state index in [0.717, 1.165) is 4.31 Å². The van der Waals surface area contributed by atoms with Gasteiger partial charge >= 0.3 is 0 Å². The van der Waals surface area contributed by atoms with Gasteiger partial charge in [0, 0.05) is 17.1 Å². The second-order valence-corrected chi connectivity index (χ2v) is 13.0. The van der Waals surface area contributed by atoms with Crippen LogP contribution in [0.25, 0.3) is 0 Å². The molecule has 2 amide bonds. The molecule has 0 aliphatic carbocycles. The molecule has 1 unspecified atom stereocenters. The molecule has 0 bridgehead atoms. The first-order valence-corrected chi connectivity index (χ1v) is 14.7. The van der Waals surface area contributed by atoms with E-state index in [4.69, 9.17) is 34.8 Å². The van der Waals surface area contributed by atoms with Gasteiger partial charge in [-0.3, -0.25) is 13.9 Å². The van der Waals surface area contributed by atoms with Gasteiger partial charge in [-0.25, -0.2) is 8.42 Å². The van der Waals surface area contributed by atoms with Crippen LogP contribution in [0.4, 0.5) is 5.69 Å². The maximum atomic E-state index is 13.9. The van der Waals surface area contributed by atoms with E-state index in [1.807, 2.05) is 20.8 Å². The van der Waals surface area contributed by atoms with E-state index in [9.17, 15) is 18.0 Å². The molecule has 0 fully saturated rings. The zero-order chi connectivity index (χ0) is 29.0. The Balaban J connectivity index is 2.06. The van der Waals surface area contributed by atoms with Gasteiger partial charge in [0.1, 0.15) is 12.6 Å². The van der Waals surface area contributed by atoms with Crippen LogP contribution in [-0.4, -0.2) is 43.3 Å². The number of hydrogen-bond acceptors (Lipinski definition) is 4. The molecule has 1 N–H and O–H groups in total. The fourth-order valence-electron chi connectivity index (χ4n) is 3.76. The number of rotatable bonds is 9. The van der Waals surface area contributed by atoms with Crippen molar-refractivity contribution < 1.29 is 18.0 Å². The van der Waals surface area contributed by atoms with Crippen LogP contribution in [0.3, 0.4) is 0 Å². The molecule has 0 heterocycles. The van der Waals surface area contributed by atoms with Crippen molar-refractivity contribution in [2.45, 2.75) is 50.7 Å². The average Bonchev–Trinajstić information content (AvgIpc) is 2.87. The summed E-state index contributed by atoms with van der Waals surface area (Å²) in [6.07, 6.45) is 0. The summed E-state index contributed by atoms with van der Waals surface area (Å²) in [7, 11) is -4.21. The molecule has 0 spiro atoms. The molecule has 208 valence electrons. The third-order valence-corrected chi connectivity index (χ3v) is 8.66. The molecule has 3 rings (SSSR count). The molecule has 0 aromatic heterocycles. The summed E-state index contributed by atoms with van der Waals surface area (Å²) in [6, 6.07) is 18.1. The van der Waals surface area contributed by atoms with E-state index in [1.165, 1.54) is 35.2 Å². The van der Waals surface area contributed by atoms with Crippen LogP contribution in [0.15, 0.2) is 77.7 Å². The normalized spacial score (nSPS) is 12.5. The molecule has 0 saturated carbocycles. The molecule has 7 nitrogen and oxygen atoms in total. The Morgan fingerprint density at radius 3 is 2.08 bits per heavy atom.